The fraction of sp³-hybridized carbons (Fsp3) is 0.529. The molecule has 0 bridgehead atoms. The molecule has 3 aliphatic rings. The molecule has 0 spiro atoms. The van der Waals surface area contributed by atoms with Crippen LogP contribution >= 0.6 is 11.8 Å². The first-order valence-electron chi connectivity index (χ1n) is 8.31. The summed E-state index contributed by atoms with van der Waals surface area (Å²) in [5.41, 5.74) is 1.82. The van der Waals surface area contributed by atoms with Crippen LogP contribution in [0.1, 0.15) is 18.4 Å². The van der Waals surface area contributed by atoms with Gasteiger partial charge in [-0.15, -0.1) is 0 Å². The standard InChI is InChI=1S/C17H20N2O4S2/c1-10-3-6-14(23-2)12(7-10)19-13-8-25(21,22)9-15(13)24-17(19)18-16(20)11-4-5-11/h3,6-7,11,13,15H,4-5,8-9H2,1-2H3/t13-,15-/m1/s1. The maximum absolute atomic E-state index is 12.2. The minimum absolute atomic E-state index is 0.0403. The number of nitrogens with zero attached hydrogens (tertiary/aromatic N) is 2. The van der Waals surface area contributed by atoms with Gasteiger partial charge in [0.05, 0.1) is 30.3 Å². The van der Waals surface area contributed by atoms with E-state index < -0.39 is 9.84 Å². The molecule has 1 aromatic carbocycles. The molecule has 25 heavy (non-hydrogen) atoms. The van der Waals surface area contributed by atoms with Gasteiger partial charge in [-0.3, -0.25) is 4.79 Å². The Morgan fingerprint density at radius 1 is 1.32 bits per heavy atom. The van der Waals surface area contributed by atoms with Crippen LogP contribution in [0, 0.1) is 12.8 Å². The van der Waals surface area contributed by atoms with E-state index in [9.17, 15) is 13.2 Å². The van der Waals surface area contributed by atoms with Crippen molar-refractivity contribution in [3.8, 4) is 5.75 Å². The molecule has 0 radical (unpaired) electrons. The third kappa shape index (κ3) is 3.17. The molecule has 2 atom stereocenters. The molecule has 1 aromatic rings. The van der Waals surface area contributed by atoms with Crippen LogP contribution in [-0.4, -0.2) is 49.4 Å². The van der Waals surface area contributed by atoms with Crippen LogP contribution in [0.5, 0.6) is 5.75 Å². The molecule has 6 nitrogen and oxygen atoms in total. The monoisotopic (exact) mass is 380 g/mol. The number of hydrogen-bond donors (Lipinski definition) is 0. The van der Waals surface area contributed by atoms with Gasteiger partial charge in [0.15, 0.2) is 15.0 Å². The van der Waals surface area contributed by atoms with Crippen LogP contribution in [-0.2, 0) is 14.6 Å². The Kier molecular flexibility index (Phi) is 4.07. The summed E-state index contributed by atoms with van der Waals surface area (Å²) in [6.45, 7) is 1.97. The number of amides is 1. The number of amidine groups is 1. The molecule has 1 amide bonds. The maximum Gasteiger partial charge on any atom is 0.251 e. The largest absolute Gasteiger partial charge is 0.495 e. The van der Waals surface area contributed by atoms with Crippen LogP contribution in [0.2, 0.25) is 0 Å². The van der Waals surface area contributed by atoms with Crippen LogP contribution < -0.4 is 9.64 Å². The molecule has 134 valence electrons. The number of benzene rings is 1. The second-order valence-corrected chi connectivity index (χ2v) is 10.2. The molecule has 2 aliphatic heterocycles. The van der Waals surface area contributed by atoms with Crippen molar-refractivity contribution in [2.45, 2.75) is 31.1 Å². The predicted molar refractivity (Wildman–Crippen MR) is 99.2 cm³/mol. The molecule has 8 heteroatoms. The van der Waals surface area contributed by atoms with Gasteiger partial charge in [-0.2, -0.15) is 4.99 Å². The lowest BCUT2D eigenvalue weighted by Gasteiger charge is -2.26. The van der Waals surface area contributed by atoms with Crippen molar-refractivity contribution in [1.29, 1.82) is 0 Å². The molecular formula is C17H20N2O4S2. The van der Waals surface area contributed by atoms with Crippen molar-refractivity contribution in [3.63, 3.8) is 0 Å². The van der Waals surface area contributed by atoms with Gasteiger partial charge in [-0.05, 0) is 37.5 Å². The number of aryl methyl sites for hydroxylation is 1. The second kappa shape index (κ2) is 6.02. The number of aliphatic imine (C=N–C) groups is 1. The molecule has 2 saturated heterocycles. The molecular weight excluding hydrogens is 360 g/mol. The van der Waals surface area contributed by atoms with E-state index in [1.165, 1.54) is 11.8 Å². The number of hydrogen-bond acceptors (Lipinski definition) is 5. The number of carbonyl (C=O) groups is 1. The van der Waals surface area contributed by atoms with Gasteiger partial charge in [0.25, 0.3) is 5.91 Å². The lowest BCUT2D eigenvalue weighted by molar-refractivity contribution is -0.118. The van der Waals surface area contributed by atoms with E-state index in [1.807, 2.05) is 30.0 Å². The average molecular weight is 380 g/mol. The number of rotatable bonds is 3. The van der Waals surface area contributed by atoms with Crippen molar-refractivity contribution < 1.29 is 17.9 Å². The SMILES string of the molecule is COc1ccc(C)cc1N1C(=NC(=O)C2CC2)S[C@@H]2CS(=O)(=O)C[C@H]21. The number of fused-ring (bicyclic) bond motifs is 1. The Hall–Kier alpha value is -1.54. The number of ether oxygens (including phenoxy) is 1. The van der Waals surface area contributed by atoms with E-state index in [4.69, 9.17) is 4.74 Å². The first-order valence-corrected chi connectivity index (χ1v) is 11.0. The van der Waals surface area contributed by atoms with Gasteiger partial charge in [-0.1, -0.05) is 17.8 Å². The maximum atomic E-state index is 12.2. The van der Waals surface area contributed by atoms with E-state index in [1.54, 1.807) is 7.11 Å². The highest BCUT2D eigenvalue weighted by atomic mass is 32.2. The van der Waals surface area contributed by atoms with E-state index in [-0.39, 0.29) is 34.6 Å². The third-order valence-electron chi connectivity index (χ3n) is 4.79. The highest BCUT2D eigenvalue weighted by Gasteiger charge is 2.50. The van der Waals surface area contributed by atoms with Crippen LogP contribution in [0.4, 0.5) is 5.69 Å². The molecule has 0 unspecified atom stereocenters. The summed E-state index contributed by atoms with van der Waals surface area (Å²) in [5, 5.41) is 0.506. The minimum atomic E-state index is -3.08. The lowest BCUT2D eigenvalue weighted by atomic mass is 10.1. The quantitative estimate of drug-likeness (QED) is 0.798. The van der Waals surface area contributed by atoms with Gasteiger partial charge in [0, 0.05) is 11.2 Å². The van der Waals surface area contributed by atoms with E-state index in [2.05, 4.69) is 4.99 Å². The van der Waals surface area contributed by atoms with Gasteiger partial charge >= 0.3 is 0 Å². The molecule has 4 rings (SSSR count). The topological polar surface area (TPSA) is 76.0 Å². The summed E-state index contributed by atoms with van der Waals surface area (Å²) in [7, 11) is -1.49. The molecule has 2 heterocycles. The van der Waals surface area contributed by atoms with Crippen molar-refractivity contribution in [1.82, 2.24) is 0 Å². The first-order chi connectivity index (χ1) is 11.9. The van der Waals surface area contributed by atoms with E-state index in [0.29, 0.717) is 10.9 Å². The van der Waals surface area contributed by atoms with Crippen LogP contribution in [0.15, 0.2) is 23.2 Å². The Morgan fingerprint density at radius 3 is 2.76 bits per heavy atom. The van der Waals surface area contributed by atoms with Gasteiger partial charge in [0.2, 0.25) is 0 Å². The summed E-state index contributed by atoms with van der Waals surface area (Å²) >= 11 is 1.41. The van der Waals surface area contributed by atoms with Crippen molar-refractivity contribution in [3.05, 3.63) is 23.8 Å². The number of anilines is 1. The highest BCUT2D eigenvalue weighted by molar-refractivity contribution is 8.16. The average Bonchev–Trinajstić information content (AvgIpc) is 3.28. The Morgan fingerprint density at radius 2 is 2.08 bits per heavy atom. The zero-order valence-corrected chi connectivity index (χ0v) is 15.8. The molecule has 1 aliphatic carbocycles. The number of thioether (sulfide) groups is 1. The van der Waals surface area contributed by atoms with Crippen molar-refractivity contribution in [2.75, 3.05) is 23.5 Å². The Bertz CT molecular complexity index is 861. The van der Waals surface area contributed by atoms with Gasteiger partial charge in [0.1, 0.15) is 5.75 Å². The Labute approximate surface area is 151 Å². The summed E-state index contributed by atoms with van der Waals surface area (Å²) in [5.74, 6) is 0.811. The smallest absolute Gasteiger partial charge is 0.251 e. The van der Waals surface area contributed by atoms with Crippen molar-refractivity contribution >= 4 is 38.4 Å². The minimum Gasteiger partial charge on any atom is -0.495 e. The van der Waals surface area contributed by atoms with Crippen LogP contribution in [0.25, 0.3) is 0 Å². The fourth-order valence-corrected chi connectivity index (χ4v) is 7.26. The summed E-state index contributed by atoms with van der Waals surface area (Å²) < 4.78 is 29.7. The second-order valence-electron chi connectivity index (χ2n) is 6.85. The molecule has 1 saturated carbocycles. The van der Waals surface area contributed by atoms with E-state index >= 15 is 0 Å². The van der Waals surface area contributed by atoms with Gasteiger partial charge < -0.3 is 9.64 Å². The van der Waals surface area contributed by atoms with E-state index in [0.717, 1.165) is 24.1 Å². The summed E-state index contributed by atoms with van der Waals surface area (Å²) in [6.07, 6.45) is 1.80. The lowest BCUT2D eigenvalue weighted by Crippen LogP contribution is -2.38. The summed E-state index contributed by atoms with van der Waals surface area (Å²) in [4.78, 5) is 18.5. The molecule has 3 fully saturated rings. The third-order valence-corrected chi connectivity index (χ3v) is 8.00. The molecule has 0 aromatic heterocycles. The van der Waals surface area contributed by atoms with Crippen molar-refractivity contribution in [2.24, 2.45) is 10.9 Å². The molecule has 0 N–H and O–H groups in total. The number of sulfone groups is 1. The Balaban J connectivity index is 1.78. The van der Waals surface area contributed by atoms with Gasteiger partial charge in [-0.25, -0.2) is 8.42 Å². The number of methoxy groups -OCH3 is 1. The van der Waals surface area contributed by atoms with Crippen LogP contribution in [0.3, 0.4) is 0 Å². The highest BCUT2D eigenvalue weighted by Crippen LogP contribution is 2.44. The normalized spacial score (nSPS) is 29.0. The zero-order valence-electron chi connectivity index (χ0n) is 14.1. The number of carbonyl (C=O) groups excluding carboxylic acids is 1. The zero-order chi connectivity index (χ0) is 17.8. The fourth-order valence-electron chi connectivity index (χ4n) is 3.35. The summed E-state index contributed by atoms with van der Waals surface area (Å²) in [6, 6.07) is 5.56. The first kappa shape index (κ1) is 16.9. The predicted octanol–water partition coefficient (Wildman–Crippen LogP) is 2.02.